The van der Waals surface area contributed by atoms with Gasteiger partial charge in [0.2, 0.25) is 0 Å². The highest BCUT2D eigenvalue weighted by molar-refractivity contribution is 6.13. The van der Waals surface area contributed by atoms with E-state index in [4.69, 9.17) is 9.90 Å². The number of H-pyrrole nitrogens is 1. The number of pyridine rings is 3. The average Bonchev–Trinajstić information content (AvgIpc) is 3.22. The van der Waals surface area contributed by atoms with Crippen molar-refractivity contribution < 1.29 is 32.6 Å². The van der Waals surface area contributed by atoms with E-state index in [0.29, 0.717) is 27.7 Å². The standard InChI is InChI=1S/C22H15FN4O.C2HF3O2/c23-17-10-26-22-21(20(17)15-6-2-1-4-14(15)12-28)16-8-18(25-11-19(16)27-22)13-5-3-7-24-9-13;3-2(4,5)1(6)7/h1-11,28H,12H2,(H,26,27);(H,6,7). The third-order valence-electron chi connectivity index (χ3n) is 5.12. The largest absolute Gasteiger partial charge is 0.490 e. The van der Waals surface area contributed by atoms with Gasteiger partial charge in [0.05, 0.1) is 30.2 Å². The fraction of sp³-hybridized carbons (Fsp3) is 0.0833. The number of alkyl halides is 3. The van der Waals surface area contributed by atoms with Crippen molar-refractivity contribution in [1.29, 1.82) is 0 Å². The van der Waals surface area contributed by atoms with E-state index in [1.807, 2.05) is 36.4 Å². The number of fused-ring (bicyclic) bond motifs is 3. The molecule has 35 heavy (non-hydrogen) atoms. The number of hydrogen-bond donors (Lipinski definition) is 3. The smallest absolute Gasteiger partial charge is 0.475 e. The number of aliphatic hydroxyl groups excluding tert-OH is 1. The van der Waals surface area contributed by atoms with Crippen LogP contribution in [0, 0.1) is 5.82 Å². The molecule has 0 radical (unpaired) electrons. The number of carboxylic acids is 1. The topological polar surface area (TPSA) is 112 Å². The van der Waals surface area contributed by atoms with Crippen LogP contribution in [-0.4, -0.2) is 42.3 Å². The van der Waals surface area contributed by atoms with Crippen molar-refractivity contribution in [3.63, 3.8) is 0 Å². The second-order valence-electron chi connectivity index (χ2n) is 7.30. The maximum Gasteiger partial charge on any atom is 0.490 e. The second kappa shape index (κ2) is 9.47. The molecule has 178 valence electrons. The molecule has 4 heterocycles. The summed E-state index contributed by atoms with van der Waals surface area (Å²) in [5, 5.41) is 18.3. The van der Waals surface area contributed by atoms with Gasteiger partial charge in [-0.15, -0.1) is 0 Å². The van der Waals surface area contributed by atoms with Crippen LogP contribution in [0.1, 0.15) is 5.56 Å². The summed E-state index contributed by atoms with van der Waals surface area (Å²) < 4.78 is 46.7. The van der Waals surface area contributed by atoms with Gasteiger partial charge in [-0.05, 0) is 29.3 Å². The lowest BCUT2D eigenvalue weighted by molar-refractivity contribution is -0.192. The Hall–Kier alpha value is -4.38. The third kappa shape index (κ3) is 4.80. The Balaban J connectivity index is 0.000000364. The molecule has 0 saturated heterocycles. The zero-order chi connectivity index (χ0) is 25.2. The van der Waals surface area contributed by atoms with Crippen LogP contribution in [0.25, 0.3) is 44.3 Å². The molecule has 0 aliphatic rings. The molecular formula is C24H16F4N4O3. The summed E-state index contributed by atoms with van der Waals surface area (Å²) in [4.78, 5) is 25.0. The summed E-state index contributed by atoms with van der Waals surface area (Å²) in [5.41, 5.74) is 4.69. The highest BCUT2D eigenvalue weighted by Crippen LogP contribution is 2.37. The number of halogens is 4. The molecule has 7 nitrogen and oxygen atoms in total. The van der Waals surface area contributed by atoms with Gasteiger partial charge in [0.1, 0.15) is 11.5 Å². The minimum atomic E-state index is -5.08. The first kappa shape index (κ1) is 23.8. The van der Waals surface area contributed by atoms with E-state index in [2.05, 4.69) is 19.9 Å². The summed E-state index contributed by atoms with van der Waals surface area (Å²) in [6.07, 6.45) is 1.29. The number of nitrogens with one attached hydrogen (secondary N) is 1. The number of aromatic nitrogens is 4. The Morgan fingerprint density at radius 2 is 1.77 bits per heavy atom. The fourth-order valence-electron chi connectivity index (χ4n) is 3.57. The molecule has 3 N–H and O–H groups in total. The van der Waals surface area contributed by atoms with Crippen LogP contribution in [0.5, 0.6) is 0 Å². The van der Waals surface area contributed by atoms with Crippen molar-refractivity contribution >= 4 is 27.9 Å². The van der Waals surface area contributed by atoms with Gasteiger partial charge in [0, 0.05) is 34.3 Å². The van der Waals surface area contributed by atoms with Crippen LogP contribution < -0.4 is 0 Å². The van der Waals surface area contributed by atoms with Crippen LogP contribution >= 0.6 is 0 Å². The molecule has 0 bridgehead atoms. The number of carbonyl (C=O) groups is 1. The van der Waals surface area contributed by atoms with Crippen molar-refractivity contribution in [2.75, 3.05) is 0 Å². The fourth-order valence-corrected chi connectivity index (χ4v) is 3.57. The number of aliphatic hydroxyl groups is 1. The monoisotopic (exact) mass is 484 g/mol. The quantitative estimate of drug-likeness (QED) is 0.307. The van der Waals surface area contributed by atoms with Gasteiger partial charge in [-0.3, -0.25) is 9.97 Å². The molecule has 0 aliphatic heterocycles. The number of hydrogen-bond acceptors (Lipinski definition) is 5. The lowest BCUT2D eigenvalue weighted by Gasteiger charge is -2.10. The highest BCUT2D eigenvalue weighted by atomic mass is 19.4. The normalized spacial score (nSPS) is 11.3. The van der Waals surface area contributed by atoms with Crippen molar-refractivity contribution in [3.8, 4) is 22.4 Å². The summed E-state index contributed by atoms with van der Waals surface area (Å²) >= 11 is 0. The third-order valence-corrected chi connectivity index (χ3v) is 5.12. The molecule has 0 aliphatic carbocycles. The van der Waals surface area contributed by atoms with Crippen molar-refractivity contribution in [3.05, 3.63) is 78.6 Å². The maximum absolute atomic E-state index is 15.0. The molecule has 0 amide bonds. The van der Waals surface area contributed by atoms with E-state index < -0.39 is 18.0 Å². The number of aliphatic carboxylic acids is 1. The Morgan fingerprint density at radius 3 is 2.43 bits per heavy atom. The summed E-state index contributed by atoms with van der Waals surface area (Å²) in [7, 11) is 0. The van der Waals surface area contributed by atoms with Gasteiger partial charge in [-0.25, -0.2) is 14.2 Å². The van der Waals surface area contributed by atoms with Crippen LogP contribution in [-0.2, 0) is 11.4 Å². The van der Waals surface area contributed by atoms with Gasteiger partial charge in [0.15, 0.2) is 0 Å². The maximum atomic E-state index is 15.0. The highest BCUT2D eigenvalue weighted by Gasteiger charge is 2.38. The molecule has 0 saturated carbocycles. The summed E-state index contributed by atoms with van der Waals surface area (Å²) in [5.74, 6) is -3.19. The van der Waals surface area contributed by atoms with Gasteiger partial charge in [-0.1, -0.05) is 24.3 Å². The molecule has 1 aromatic carbocycles. The molecular weight excluding hydrogens is 468 g/mol. The number of carboxylic acid groups (broad SMARTS) is 1. The molecule has 0 atom stereocenters. The zero-order valence-corrected chi connectivity index (χ0v) is 17.7. The Morgan fingerprint density at radius 1 is 1.03 bits per heavy atom. The number of benzene rings is 1. The Labute approximate surface area is 194 Å². The number of nitrogens with zero attached hydrogens (tertiary/aromatic N) is 3. The molecule has 0 unspecified atom stereocenters. The van der Waals surface area contributed by atoms with Crippen molar-refractivity contribution in [2.24, 2.45) is 0 Å². The van der Waals surface area contributed by atoms with Crippen LogP contribution in [0.4, 0.5) is 17.6 Å². The summed E-state index contributed by atoms with van der Waals surface area (Å²) in [6.45, 7) is -0.176. The molecule has 0 fully saturated rings. The average molecular weight is 484 g/mol. The van der Waals surface area contributed by atoms with Crippen LogP contribution in [0.2, 0.25) is 0 Å². The van der Waals surface area contributed by atoms with Crippen molar-refractivity contribution in [2.45, 2.75) is 12.8 Å². The predicted molar refractivity (Wildman–Crippen MR) is 120 cm³/mol. The number of aromatic amines is 1. The van der Waals surface area contributed by atoms with E-state index in [9.17, 15) is 22.7 Å². The van der Waals surface area contributed by atoms with Gasteiger partial charge in [0.25, 0.3) is 0 Å². The molecule has 5 rings (SSSR count). The SMILES string of the molecule is O=C(O)C(F)(F)F.OCc1ccccc1-c1c(F)cnc2[nH]c3cnc(-c4cccnc4)cc3c12. The lowest BCUT2D eigenvalue weighted by atomic mass is 9.96. The molecule has 11 heteroatoms. The van der Waals surface area contributed by atoms with Crippen molar-refractivity contribution in [1.82, 2.24) is 19.9 Å². The second-order valence-corrected chi connectivity index (χ2v) is 7.30. The van der Waals surface area contributed by atoms with E-state index in [1.165, 1.54) is 6.20 Å². The first-order valence-electron chi connectivity index (χ1n) is 10.1. The minimum Gasteiger partial charge on any atom is -0.475 e. The summed E-state index contributed by atoms with van der Waals surface area (Å²) in [6, 6.07) is 12.9. The predicted octanol–water partition coefficient (Wildman–Crippen LogP) is 5.10. The first-order chi connectivity index (χ1) is 16.7. The minimum absolute atomic E-state index is 0.176. The first-order valence-corrected chi connectivity index (χ1v) is 10.1. The van der Waals surface area contributed by atoms with E-state index in [-0.39, 0.29) is 6.61 Å². The molecule has 4 aromatic heterocycles. The van der Waals surface area contributed by atoms with E-state index in [0.717, 1.165) is 22.2 Å². The Kier molecular flexibility index (Phi) is 6.43. The van der Waals surface area contributed by atoms with Crippen LogP contribution in [0.15, 0.2) is 67.3 Å². The Bertz CT molecular complexity index is 1520. The molecule has 0 spiro atoms. The van der Waals surface area contributed by atoms with Gasteiger partial charge < -0.3 is 15.2 Å². The van der Waals surface area contributed by atoms with E-state index in [1.54, 1.807) is 24.7 Å². The zero-order valence-electron chi connectivity index (χ0n) is 17.7. The van der Waals surface area contributed by atoms with Gasteiger partial charge in [-0.2, -0.15) is 13.2 Å². The van der Waals surface area contributed by atoms with Crippen LogP contribution in [0.3, 0.4) is 0 Å². The van der Waals surface area contributed by atoms with Gasteiger partial charge >= 0.3 is 12.1 Å². The lowest BCUT2D eigenvalue weighted by Crippen LogP contribution is -2.21. The van der Waals surface area contributed by atoms with E-state index >= 15 is 0 Å². The number of rotatable bonds is 3. The molecule has 5 aromatic rings.